The third-order valence-electron chi connectivity index (χ3n) is 8.31. The number of nitrogens with zero attached hydrogens (tertiary/aromatic N) is 1. The van der Waals surface area contributed by atoms with Gasteiger partial charge in [0.15, 0.2) is 15.6 Å². The number of nitrogens with one attached hydrogen (secondary N) is 1. The second-order valence-corrected chi connectivity index (χ2v) is 16.3. The van der Waals surface area contributed by atoms with Crippen LogP contribution in [-0.2, 0) is 41.2 Å². The summed E-state index contributed by atoms with van der Waals surface area (Å²) in [6, 6.07) is 25.5. The van der Waals surface area contributed by atoms with E-state index in [1.807, 2.05) is 83.6 Å². The van der Waals surface area contributed by atoms with Gasteiger partial charge in [-0.1, -0.05) is 84.0 Å². The zero-order chi connectivity index (χ0) is 33.8. The lowest BCUT2D eigenvalue weighted by molar-refractivity contribution is -0.117. The van der Waals surface area contributed by atoms with Gasteiger partial charge in [-0.2, -0.15) is 0 Å². The average Bonchev–Trinajstić information content (AvgIpc) is 3.67. The maximum atomic E-state index is 12.6. The number of carbonyl (C=O) groups is 2. The molecule has 4 aromatic rings. The minimum atomic E-state index is -3.83. The maximum Gasteiger partial charge on any atom is 0.421 e. The minimum Gasteiger partial charge on any atom is -0.440 e. The van der Waals surface area contributed by atoms with Crippen LogP contribution in [-0.4, -0.2) is 52.1 Å². The number of ether oxygens (including phenoxy) is 1. The first-order valence-corrected chi connectivity index (χ1v) is 19.3. The van der Waals surface area contributed by atoms with Crippen LogP contribution in [0.1, 0.15) is 60.6 Å². The summed E-state index contributed by atoms with van der Waals surface area (Å²) < 4.78 is 59.8. The van der Waals surface area contributed by atoms with E-state index in [2.05, 4.69) is 5.16 Å². The standard InChI is InChI=1S/C35H38N2O8S2/c1-24-32(31(44-34(39)37-47(3,42)43)11-7-10-25-8-5-4-6-9-25)33(45-36-24)28-14-12-26(13-15-28)27-16-18-29(19-17-27)35(20-21-35)22-30(38)23-46(2,40)41/h4-6,8-9,12-19,31H,7,10-11,20-23H2,1-3H3,(H,37,39). The summed E-state index contributed by atoms with van der Waals surface area (Å²) in [7, 11) is -7.18. The minimum absolute atomic E-state index is 0.222. The molecule has 1 aliphatic rings. The number of hydrogen-bond donors (Lipinski definition) is 1. The molecule has 1 fully saturated rings. The van der Waals surface area contributed by atoms with Gasteiger partial charge < -0.3 is 9.26 Å². The second kappa shape index (κ2) is 13.8. The normalized spacial score (nSPS) is 14.7. The van der Waals surface area contributed by atoms with E-state index in [1.54, 1.807) is 6.92 Å². The van der Waals surface area contributed by atoms with E-state index < -0.39 is 37.8 Å². The van der Waals surface area contributed by atoms with E-state index in [0.29, 0.717) is 35.4 Å². The van der Waals surface area contributed by atoms with Gasteiger partial charge >= 0.3 is 6.09 Å². The molecule has 0 bridgehead atoms. The predicted molar refractivity (Wildman–Crippen MR) is 179 cm³/mol. The van der Waals surface area contributed by atoms with Crippen LogP contribution >= 0.6 is 0 Å². The Kier molecular flexibility index (Phi) is 10.0. The van der Waals surface area contributed by atoms with Crippen molar-refractivity contribution in [2.45, 2.75) is 57.0 Å². The average molecular weight is 679 g/mol. The Morgan fingerprint density at radius 3 is 2.06 bits per heavy atom. The predicted octanol–water partition coefficient (Wildman–Crippen LogP) is 6.10. The van der Waals surface area contributed by atoms with E-state index in [1.165, 1.54) is 0 Å². The maximum absolute atomic E-state index is 12.6. The summed E-state index contributed by atoms with van der Waals surface area (Å²) >= 11 is 0. The molecule has 0 spiro atoms. The zero-order valence-corrected chi connectivity index (χ0v) is 28.2. The molecule has 0 saturated heterocycles. The quantitative estimate of drug-likeness (QED) is 0.167. The van der Waals surface area contributed by atoms with Crippen LogP contribution in [0.3, 0.4) is 0 Å². The van der Waals surface area contributed by atoms with E-state index >= 15 is 0 Å². The van der Waals surface area contributed by atoms with Gasteiger partial charge in [-0.3, -0.25) is 4.79 Å². The topological polar surface area (TPSA) is 150 Å². The number of amides is 1. The molecule has 1 saturated carbocycles. The summed E-state index contributed by atoms with van der Waals surface area (Å²) in [4.78, 5) is 24.9. The van der Waals surface area contributed by atoms with E-state index in [0.717, 1.165) is 54.0 Å². The van der Waals surface area contributed by atoms with Gasteiger partial charge in [0.25, 0.3) is 0 Å². The Hall–Kier alpha value is -4.29. The van der Waals surface area contributed by atoms with E-state index in [4.69, 9.17) is 9.26 Å². The van der Waals surface area contributed by atoms with E-state index in [9.17, 15) is 26.4 Å². The summed E-state index contributed by atoms with van der Waals surface area (Å²) in [6.45, 7) is 1.75. The molecule has 3 aromatic carbocycles. The van der Waals surface area contributed by atoms with Crippen molar-refractivity contribution in [3.05, 3.63) is 101 Å². The zero-order valence-electron chi connectivity index (χ0n) is 26.6. The molecule has 5 rings (SSSR count). The van der Waals surface area contributed by atoms with Gasteiger partial charge in [-0.15, -0.1) is 0 Å². The number of Topliss-reactive ketones (excluding diaryl/α,β-unsaturated/α-hetero) is 1. The molecule has 1 unspecified atom stereocenters. The third-order valence-corrected chi connectivity index (χ3v) is 9.70. The Bertz CT molecular complexity index is 1950. The van der Waals surface area contributed by atoms with Crippen molar-refractivity contribution in [2.24, 2.45) is 0 Å². The fourth-order valence-corrected chi connectivity index (χ4v) is 6.97. The monoisotopic (exact) mass is 678 g/mol. The number of aromatic nitrogens is 1. The van der Waals surface area contributed by atoms with Crippen LogP contribution < -0.4 is 4.72 Å². The van der Waals surface area contributed by atoms with Gasteiger partial charge in [-0.05, 0) is 61.3 Å². The highest BCUT2D eigenvalue weighted by Crippen LogP contribution is 2.51. The number of hydrogen-bond acceptors (Lipinski definition) is 9. The summed E-state index contributed by atoms with van der Waals surface area (Å²) in [5, 5.41) is 4.16. The van der Waals surface area contributed by atoms with Gasteiger partial charge in [-0.25, -0.2) is 26.4 Å². The van der Waals surface area contributed by atoms with Gasteiger partial charge in [0.2, 0.25) is 10.0 Å². The molecule has 1 N–H and O–H groups in total. The SMILES string of the molecule is Cc1noc(-c2ccc(-c3ccc(C4(CC(=O)CS(C)(=O)=O)CC4)cc3)cc2)c1C(CCCc1ccccc1)OC(=O)NS(C)(=O)=O. The summed E-state index contributed by atoms with van der Waals surface area (Å²) in [5.74, 6) is -0.262. The van der Waals surface area contributed by atoms with Crippen LogP contribution in [0.4, 0.5) is 4.79 Å². The highest BCUT2D eigenvalue weighted by molar-refractivity contribution is 7.91. The number of sulfonamides is 1. The first-order chi connectivity index (χ1) is 22.2. The Morgan fingerprint density at radius 2 is 1.49 bits per heavy atom. The molecule has 10 nitrogen and oxygen atoms in total. The van der Waals surface area contributed by atoms with Crippen LogP contribution in [0.5, 0.6) is 0 Å². The van der Waals surface area contributed by atoms with Crippen LogP contribution in [0.25, 0.3) is 22.5 Å². The molecule has 1 amide bonds. The molecule has 1 aliphatic carbocycles. The van der Waals surface area contributed by atoms with Crippen molar-refractivity contribution in [1.82, 2.24) is 9.88 Å². The molecule has 47 heavy (non-hydrogen) atoms. The van der Waals surface area contributed by atoms with Crippen molar-refractivity contribution in [3.8, 4) is 22.5 Å². The summed E-state index contributed by atoms with van der Waals surface area (Å²) in [5.41, 5.74) is 5.58. The van der Waals surface area contributed by atoms with Crippen molar-refractivity contribution in [1.29, 1.82) is 0 Å². The highest BCUT2D eigenvalue weighted by atomic mass is 32.2. The van der Waals surface area contributed by atoms with Crippen LogP contribution in [0.15, 0.2) is 83.4 Å². The van der Waals surface area contributed by atoms with Gasteiger partial charge in [0, 0.05) is 23.7 Å². The molecule has 1 atom stereocenters. The number of aryl methyl sites for hydroxylation is 2. The number of benzene rings is 3. The van der Waals surface area contributed by atoms with Crippen molar-refractivity contribution >= 4 is 31.7 Å². The lowest BCUT2D eigenvalue weighted by Crippen LogP contribution is -2.31. The molecular weight excluding hydrogens is 641 g/mol. The second-order valence-electron chi connectivity index (χ2n) is 12.4. The third kappa shape index (κ3) is 9.17. The molecule has 248 valence electrons. The molecule has 1 aromatic heterocycles. The molecule has 1 heterocycles. The number of sulfone groups is 1. The molecule has 0 aliphatic heterocycles. The number of ketones is 1. The first-order valence-electron chi connectivity index (χ1n) is 15.3. The Morgan fingerprint density at radius 1 is 0.894 bits per heavy atom. The van der Waals surface area contributed by atoms with Gasteiger partial charge in [0.05, 0.1) is 17.5 Å². The van der Waals surface area contributed by atoms with Crippen LogP contribution in [0, 0.1) is 6.92 Å². The highest BCUT2D eigenvalue weighted by Gasteiger charge is 2.45. The lowest BCUT2D eigenvalue weighted by Gasteiger charge is -2.19. The lowest BCUT2D eigenvalue weighted by atomic mass is 9.89. The Balaban J connectivity index is 1.34. The number of rotatable bonds is 14. The first kappa shape index (κ1) is 34.1. The Labute approximate surface area is 275 Å². The molecular formula is C35H38N2O8S2. The molecule has 0 radical (unpaired) electrons. The van der Waals surface area contributed by atoms with Crippen molar-refractivity contribution < 1.29 is 35.7 Å². The summed E-state index contributed by atoms with van der Waals surface area (Å²) in [6.07, 6.45) is 3.80. The fraction of sp³-hybridized carbons (Fsp3) is 0.343. The van der Waals surface area contributed by atoms with Gasteiger partial charge in [0.1, 0.15) is 17.6 Å². The van der Waals surface area contributed by atoms with Crippen molar-refractivity contribution in [3.63, 3.8) is 0 Å². The molecule has 12 heteroatoms. The largest absolute Gasteiger partial charge is 0.440 e. The fourth-order valence-electron chi connectivity index (χ4n) is 5.94. The van der Waals surface area contributed by atoms with Crippen LogP contribution in [0.2, 0.25) is 0 Å². The van der Waals surface area contributed by atoms with E-state index in [-0.39, 0.29) is 17.6 Å². The smallest absolute Gasteiger partial charge is 0.421 e. The number of carbonyl (C=O) groups excluding carboxylic acids is 2. The van der Waals surface area contributed by atoms with Crippen molar-refractivity contribution in [2.75, 3.05) is 18.3 Å².